The van der Waals surface area contributed by atoms with Crippen LogP contribution in [0.5, 0.6) is 0 Å². The summed E-state index contributed by atoms with van der Waals surface area (Å²) in [6.07, 6.45) is 6.22. The van der Waals surface area contributed by atoms with Crippen LogP contribution in [0.15, 0.2) is 40.5 Å². The fourth-order valence-electron chi connectivity index (χ4n) is 2.28. The highest BCUT2D eigenvalue weighted by molar-refractivity contribution is 7.99. The molecule has 2 aromatic rings. The maximum Gasteiger partial charge on any atom is 0.120 e. The molecule has 1 aliphatic carbocycles. The Hall–Kier alpha value is -1.86. The van der Waals surface area contributed by atoms with Crippen LogP contribution in [0.3, 0.4) is 0 Å². The van der Waals surface area contributed by atoms with Gasteiger partial charge in [-0.3, -0.25) is 0 Å². The average Bonchev–Trinajstić information content (AvgIpc) is 2.47. The number of nitrogens with zero attached hydrogens (tertiary/aromatic N) is 3. The zero-order valence-electron chi connectivity index (χ0n) is 10.5. The van der Waals surface area contributed by atoms with E-state index in [9.17, 15) is 5.26 Å². The number of pyridine rings is 2. The second kappa shape index (κ2) is 5.41. The van der Waals surface area contributed by atoms with Gasteiger partial charge in [0.25, 0.3) is 0 Å². The van der Waals surface area contributed by atoms with Crippen LogP contribution in [0.4, 0.5) is 0 Å². The lowest BCUT2D eigenvalue weighted by Crippen LogP contribution is -2.07. The number of hydrogen-bond donors (Lipinski definition) is 0. The van der Waals surface area contributed by atoms with Crippen LogP contribution in [0.1, 0.15) is 29.7 Å². The van der Waals surface area contributed by atoms with Crippen LogP contribution in [-0.2, 0) is 12.8 Å². The third-order valence-electron chi connectivity index (χ3n) is 3.23. The molecule has 3 rings (SSSR count). The molecule has 1 aliphatic rings. The molecule has 0 aliphatic heterocycles. The van der Waals surface area contributed by atoms with Gasteiger partial charge in [0.1, 0.15) is 16.1 Å². The summed E-state index contributed by atoms with van der Waals surface area (Å²) in [7, 11) is 0. The van der Waals surface area contributed by atoms with Crippen LogP contribution in [-0.4, -0.2) is 9.97 Å². The Morgan fingerprint density at radius 2 is 2.11 bits per heavy atom. The minimum Gasteiger partial charge on any atom is -0.250 e. The minimum atomic E-state index is 0.663. The van der Waals surface area contributed by atoms with Crippen molar-refractivity contribution in [3.8, 4) is 6.07 Å². The Morgan fingerprint density at radius 1 is 1.21 bits per heavy atom. The molecule has 0 radical (unpaired) electrons. The lowest BCUT2D eigenvalue weighted by atomic mass is 9.95. The molecule has 0 aromatic carbocycles. The number of rotatable bonds is 2. The molecule has 0 amide bonds. The summed E-state index contributed by atoms with van der Waals surface area (Å²) in [6, 6.07) is 10.0. The zero-order chi connectivity index (χ0) is 13.1. The average molecular weight is 267 g/mol. The topological polar surface area (TPSA) is 49.6 Å². The smallest absolute Gasteiger partial charge is 0.120 e. The molecule has 2 aromatic heterocycles. The van der Waals surface area contributed by atoms with Crippen molar-refractivity contribution in [3.05, 3.63) is 47.3 Å². The van der Waals surface area contributed by atoms with E-state index in [2.05, 4.69) is 16.0 Å². The molecule has 19 heavy (non-hydrogen) atoms. The maximum atomic E-state index is 9.27. The van der Waals surface area contributed by atoms with Crippen molar-refractivity contribution in [3.63, 3.8) is 0 Å². The maximum absolute atomic E-state index is 9.27. The van der Waals surface area contributed by atoms with Crippen molar-refractivity contribution in [1.82, 2.24) is 9.97 Å². The predicted molar refractivity (Wildman–Crippen MR) is 74.0 cm³/mol. The first-order valence-corrected chi connectivity index (χ1v) is 7.20. The van der Waals surface area contributed by atoms with Gasteiger partial charge in [-0.2, -0.15) is 5.26 Å². The molecule has 0 bridgehead atoms. The van der Waals surface area contributed by atoms with E-state index in [1.165, 1.54) is 30.2 Å². The molecule has 3 nitrogen and oxygen atoms in total. The largest absolute Gasteiger partial charge is 0.250 e. The standard InChI is InChI=1S/C15H13N3S/c16-10-12-9-11-5-1-2-6-13(11)18-15(12)19-14-7-3-4-8-17-14/h3-4,7-9H,1-2,5-6H2. The second-order valence-electron chi connectivity index (χ2n) is 4.54. The Morgan fingerprint density at radius 3 is 2.89 bits per heavy atom. The Bertz CT molecular complexity index is 632. The first-order valence-electron chi connectivity index (χ1n) is 6.38. The number of nitriles is 1. The normalized spacial score (nSPS) is 13.6. The lowest BCUT2D eigenvalue weighted by Gasteiger charge is -2.16. The van der Waals surface area contributed by atoms with E-state index in [1.54, 1.807) is 6.20 Å². The van der Waals surface area contributed by atoms with Crippen LogP contribution in [0.2, 0.25) is 0 Å². The second-order valence-corrected chi connectivity index (χ2v) is 5.54. The van der Waals surface area contributed by atoms with Crippen molar-refractivity contribution in [2.75, 3.05) is 0 Å². The van der Waals surface area contributed by atoms with E-state index >= 15 is 0 Å². The number of fused-ring (bicyclic) bond motifs is 1. The fraction of sp³-hybridized carbons (Fsp3) is 0.267. The van der Waals surface area contributed by atoms with Crippen molar-refractivity contribution < 1.29 is 0 Å². The van der Waals surface area contributed by atoms with Gasteiger partial charge in [0.05, 0.1) is 5.56 Å². The van der Waals surface area contributed by atoms with Crippen LogP contribution in [0, 0.1) is 11.3 Å². The highest BCUT2D eigenvalue weighted by Gasteiger charge is 2.16. The molecule has 0 spiro atoms. The SMILES string of the molecule is N#Cc1cc2c(nc1Sc1ccccn1)CCCC2. The Labute approximate surface area is 116 Å². The monoisotopic (exact) mass is 267 g/mol. The summed E-state index contributed by atoms with van der Waals surface area (Å²) in [5.41, 5.74) is 3.06. The van der Waals surface area contributed by atoms with Crippen molar-refractivity contribution in [2.24, 2.45) is 0 Å². The first kappa shape index (κ1) is 12.2. The van der Waals surface area contributed by atoms with Crippen molar-refractivity contribution in [2.45, 2.75) is 35.7 Å². The molecule has 2 heterocycles. The minimum absolute atomic E-state index is 0.663. The van der Waals surface area contributed by atoms with Crippen LogP contribution in [0.25, 0.3) is 0 Å². The zero-order valence-corrected chi connectivity index (χ0v) is 11.3. The van der Waals surface area contributed by atoms with Gasteiger partial charge in [0.15, 0.2) is 0 Å². The molecule has 0 atom stereocenters. The Balaban J connectivity index is 1.98. The third-order valence-corrected chi connectivity index (χ3v) is 4.18. The van der Waals surface area contributed by atoms with Gasteiger partial charge >= 0.3 is 0 Å². The summed E-state index contributed by atoms with van der Waals surface area (Å²) in [5.74, 6) is 0. The molecule has 0 unspecified atom stereocenters. The molecular weight excluding hydrogens is 254 g/mol. The Kier molecular flexibility index (Phi) is 3.47. The molecule has 4 heteroatoms. The van der Waals surface area contributed by atoms with Gasteiger partial charge < -0.3 is 0 Å². The highest BCUT2D eigenvalue weighted by Crippen LogP contribution is 2.30. The van der Waals surface area contributed by atoms with Crippen LogP contribution < -0.4 is 0 Å². The molecule has 94 valence electrons. The van der Waals surface area contributed by atoms with E-state index in [1.807, 2.05) is 24.3 Å². The number of hydrogen-bond acceptors (Lipinski definition) is 4. The summed E-state index contributed by atoms with van der Waals surface area (Å²) < 4.78 is 0. The van der Waals surface area contributed by atoms with E-state index in [0.717, 1.165) is 28.6 Å². The molecular formula is C15H13N3S. The molecule has 0 saturated carbocycles. The van der Waals surface area contributed by atoms with E-state index < -0.39 is 0 Å². The van der Waals surface area contributed by atoms with E-state index in [4.69, 9.17) is 0 Å². The van der Waals surface area contributed by atoms with Gasteiger partial charge in [-0.1, -0.05) is 6.07 Å². The quantitative estimate of drug-likeness (QED) is 0.837. The fourth-order valence-corrected chi connectivity index (χ4v) is 3.11. The van der Waals surface area contributed by atoms with Gasteiger partial charge in [-0.05, 0) is 61.2 Å². The molecule has 0 fully saturated rings. The summed E-state index contributed by atoms with van der Waals surface area (Å²) >= 11 is 1.47. The number of aryl methyl sites for hydroxylation is 2. The van der Waals surface area contributed by atoms with Gasteiger partial charge in [-0.15, -0.1) is 0 Å². The van der Waals surface area contributed by atoms with E-state index in [-0.39, 0.29) is 0 Å². The first-order chi connectivity index (χ1) is 9.36. The van der Waals surface area contributed by atoms with Gasteiger partial charge in [-0.25, -0.2) is 9.97 Å². The van der Waals surface area contributed by atoms with Crippen LogP contribution >= 0.6 is 11.8 Å². The van der Waals surface area contributed by atoms with Crippen molar-refractivity contribution in [1.29, 1.82) is 5.26 Å². The molecule has 0 saturated heterocycles. The van der Waals surface area contributed by atoms with E-state index in [0.29, 0.717) is 5.56 Å². The van der Waals surface area contributed by atoms with Crippen molar-refractivity contribution >= 4 is 11.8 Å². The summed E-state index contributed by atoms with van der Waals surface area (Å²) in [5, 5.41) is 10.9. The summed E-state index contributed by atoms with van der Waals surface area (Å²) in [6.45, 7) is 0. The molecule has 0 N–H and O–H groups in total. The lowest BCUT2D eigenvalue weighted by molar-refractivity contribution is 0.660. The van der Waals surface area contributed by atoms with Gasteiger partial charge in [0, 0.05) is 11.9 Å². The summed E-state index contributed by atoms with van der Waals surface area (Å²) in [4.78, 5) is 8.95. The third kappa shape index (κ3) is 2.61. The van der Waals surface area contributed by atoms with Gasteiger partial charge in [0.2, 0.25) is 0 Å². The highest BCUT2D eigenvalue weighted by atomic mass is 32.2. The predicted octanol–water partition coefficient (Wildman–Crippen LogP) is 3.38. The number of aromatic nitrogens is 2.